The lowest BCUT2D eigenvalue weighted by Gasteiger charge is -2.12. The van der Waals surface area contributed by atoms with Gasteiger partial charge in [-0.15, -0.1) is 0 Å². The van der Waals surface area contributed by atoms with Crippen molar-refractivity contribution in [3.8, 4) is 0 Å². The first kappa shape index (κ1) is 13.6. The minimum absolute atomic E-state index is 0.121. The molecule has 1 atom stereocenters. The fourth-order valence-electron chi connectivity index (χ4n) is 2.23. The van der Waals surface area contributed by atoms with Crippen LogP contribution in [0.4, 0.5) is 8.78 Å². The van der Waals surface area contributed by atoms with E-state index >= 15 is 0 Å². The Balaban J connectivity index is 1.91. The molecule has 0 saturated carbocycles. The van der Waals surface area contributed by atoms with Crippen LogP contribution in [0.5, 0.6) is 0 Å². The Bertz CT molecular complexity index is 772. The van der Waals surface area contributed by atoms with Gasteiger partial charge >= 0.3 is 0 Å². The topological polar surface area (TPSA) is 46.0 Å². The molecule has 0 saturated heterocycles. The normalized spacial score (nSPS) is 12.5. The summed E-state index contributed by atoms with van der Waals surface area (Å²) in [6.45, 7) is 0. The van der Waals surface area contributed by atoms with Gasteiger partial charge in [0.15, 0.2) is 0 Å². The first-order chi connectivity index (χ1) is 10.1. The van der Waals surface area contributed by atoms with Crippen LogP contribution in [0, 0.1) is 11.6 Å². The van der Waals surface area contributed by atoms with Crippen LogP contribution in [0.15, 0.2) is 48.8 Å². The molecule has 0 fully saturated rings. The van der Waals surface area contributed by atoms with Gasteiger partial charge in [0.1, 0.15) is 11.6 Å². The van der Waals surface area contributed by atoms with Crippen molar-refractivity contribution in [2.24, 2.45) is 0 Å². The number of benzene rings is 2. The Morgan fingerprint density at radius 3 is 2.33 bits per heavy atom. The molecule has 21 heavy (non-hydrogen) atoms. The molecule has 1 heterocycles. The van der Waals surface area contributed by atoms with E-state index in [1.807, 2.05) is 0 Å². The summed E-state index contributed by atoms with van der Waals surface area (Å²) in [5.41, 5.74) is 1.75. The summed E-state index contributed by atoms with van der Waals surface area (Å²) in [6, 6.07) is 8.73. The highest BCUT2D eigenvalue weighted by molar-refractivity contribution is 5.74. The molecule has 0 aliphatic rings. The molecule has 0 aliphatic heterocycles. The van der Waals surface area contributed by atoms with Crippen LogP contribution in [0.25, 0.3) is 11.0 Å². The zero-order valence-electron chi connectivity index (χ0n) is 11.0. The highest BCUT2D eigenvalue weighted by Gasteiger charge is 2.15. The zero-order valence-corrected chi connectivity index (χ0v) is 11.0. The minimum atomic E-state index is -1.01. The van der Waals surface area contributed by atoms with Gasteiger partial charge in [-0.3, -0.25) is 9.97 Å². The molecule has 3 rings (SSSR count). The third kappa shape index (κ3) is 2.73. The quantitative estimate of drug-likeness (QED) is 0.804. The Kier molecular flexibility index (Phi) is 3.58. The summed E-state index contributed by atoms with van der Waals surface area (Å²) in [4.78, 5) is 8.27. The summed E-state index contributed by atoms with van der Waals surface area (Å²) < 4.78 is 27.2. The lowest BCUT2D eigenvalue weighted by Crippen LogP contribution is -2.06. The van der Waals surface area contributed by atoms with E-state index in [9.17, 15) is 13.9 Å². The molecule has 3 nitrogen and oxygen atoms in total. The molecule has 1 N–H and O–H groups in total. The van der Waals surface area contributed by atoms with E-state index in [0.717, 1.165) is 0 Å². The van der Waals surface area contributed by atoms with Gasteiger partial charge in [0.25, 0.3) is 0 Å². The summed E-state index contributed by atoms with van der Waals surface area (Å²) >= 11 is 0. The van der Waals surface area contributed by atoms with Gasteiger partial charge in [-0.2, -0.15) is 0 Å². The predicted molar refractivity (Wildman–Crippen MR) is 74.6 cm³/mol. The number of aliphatic hydroxyl groups is 1. The van der Waals surface area contributed by atoms with E-state index in [1.165, 1.54) is 18.2 Å². The maximum Gasteiger partial charge on any atom is 0.129 e. The summed E-state index contributed by atoms with van der Waals surface area (Å²) in [5, 5.41) is 10.2. The lowest BCUT2D eigenvalue weighted by atomic mass is 10.00. The molecule has 1 unspecified atom stereocenters. The van der Waals surface area contributed by atoms with E-state index in [1.54, 1.807) is 30.6 Å². The van der Waals surface area contributed by atoms with Crippen molar-refractivity contribution >= 4 is 11.0 Å². The monoisotopic (exact) mass is 286 g/mol. The first-order valence-corrected chi connectivity index (χ1v) is 6.47. The minimum Gasteiger partial charge on any atom is -0.388 e. The van der Waals surface area contributed by atoms with Gasteiger partial charge in [-0.25, -0.2) is 8.78 Å². The highest BCUT2D eigenvalue weighted by atomic mass is 19.1. The number of hydrogen-bond donors (Lipinski definition) is 1. The van der Waals surface area contributed by atoms with Crippen molar-refractivity contribution in [2.45, 2.75) is 12.5 Å². The molecule has 106 valence electrons. The van der Waals surface area contributed by atoms with Crippen LogP contribution in [0.3, 0.4) is 0 Å². The first-order valence-electron chi connectivity index (χ1n) is 6.47. The molecule has 1 aromatic heterocycles. The number of hydrogen-bond acceptors (Lipinski definition) is 3. The van der Waals surface area contributed by atoms with Crippen molar-refractivity contribution in [1.82, 2.24) is 9.97 Å². The van der Waals surface area contributed by atoms with Gasteiger partial charge in [0.05, 0.1) is 17.1 Å². The second-order valence-corrected chi connectivity index (χ2v) is 4.72. The third-order valence-corrected chi connectivity index (χ3v) is 3.34. The van der Waals surface area contributed by atoms with Gasteiger partial charge in [-0.05, 0) is 29.8 Å². The van der Waals surface area contributed by atoms with Crippen molar-refractivity contribution in [3.63, 3.8) is 0 Å². The molecule has 3 aromatic rings. The Hall–Kier alpha value is -2.40. The van der Waals surface area contributed by atoms with Crippen molar-refractivity contribution in [2.75, 3.05) is 0 Å². The van der Waals surface area contributed by atoms with Gasteiger partial charge in [0, 0.05) is 24.4 Å². The average molecular weight is 286 g/mol. The number of rotatable bonds is 3. The second kappa shape index (κ2) is 5.54. The van der Waals surface area contributed by atoms with E-state index in [2.05, 4.69) is 9.97 Å². The van der Waals surface area contributed by atoms with E-state index in [-0.39, 0.29) is 12.0 Å². The SMILES string of the molecule is OC(Cc1c(F)cccc1F)c1ccc2nccnc2c1. The van der Waals surface area contributed by atoms with E-state index in [4.69, 9.17) is 0 Å². The highest BCUT2D eigenvalue weighted by Crippen LogP contribution is 2.24. The van der Waals surface area contributed by atoms with Crippen LogP contribution in [0.1, 0.15) is 17.2 Å². The fourth-order valence-corrected chi connectivity index (χ4v) is 2.23. The van der Waals surface area contributed by atoms with Gasteiger partial charge in [-0.1, -0.05) is 12.1 Å². The van der Waals surface area contributed by atoms with Crippen LogP contribution in [0.2, 0.25) is 0 Å². The average Bonchev–Trinajstić information content (AvgIpc) is 2.50. The molecule has 0 radical (unpaired) electrons. The maximum absolute atomic E-state index is 13.6. The fraction of sp³-hybridized carbons (Fsp3) is 0.125. The smallest absolute Gasteiger partial charge is 0.129 e. The molecule has 0 spiro atoms. The summed E-state index contributed by atoms with van der Waals surface area (Å²) in [7, 11) is 0. The van der Waals surface area contributed by atoms with Crippen molar-refractivity contribution in [1.29, 1.82) is 0 Å². The summed E-state index contributed by atoms with van der Waals surface area (Å²) in [5.74, 6) is -1.32. The number of aromatic nitrogens is 2. The summed E-state index contributed by atoms with van der Waals surface area (Å²) in [6.07, 6.45) is 1.98. The predicted octanol–water partition coefficient (Wildman–Crippen LogP) is 3.18. The number of halogens is 2. The molecular weight excluding hydrogens is 274 g/mol. The van der Waals surface area contributed by atoms with Crippen LogP contribution < -0.4 is 0 Å². The largest absolute Gasteiger partial charge is 0.388 e. The van der Waals surface area contributed by atoms with Crippen LogP contribution in [-0.4, -0.2) is 15.1 Å². The Morgan fingerprint density at radius 2 is 1.62 bits per heavy atom. The van der Waals surface area contributed by atoms with Crippen molar-refractivity contribution < 1.29 is 13.9 Å². The second-order valence-electron chi connectivity index (χ2n) is 4.72. The Morgan fingerprint density at radius 1 is 0.952 bits per heavy atom. The molecule has 5 heteroatoms. The third-order valence-electron chi connectivity index (χ3n) is 3.34. The maximum atomic E-state index is 13.6. The van der Waals surface area contributed by atoms with Crippen molar-refractivity contribution in [3.05, 3.63) is 71.6 Å². The van der Waals surface area contributed by atoms with Crippen LogP contribution in [-0.2, 0) is 6.42 Å². The standard InChI is InChI=1S/C16H12F2N2O/c17-12-2-1-3-13(18)11(12)9-16(21)10-4-5-14-15(8-10)20-7-6-19-14/h1-8,16,21H,9H2. The number of fused-ring (bicyclic) bond motifs is 1. The Labute approximate surface area is 119 Å². The van der Waals surface area contributed by atoms with E-state index in [0.29, 0.717) is 16.6 Å². The van der Waals surface area contributed by atoms with E-state index < -0.39 is 17.7 Å². The molecule has 0 aliphatic carbocycles. The molecule has 0 bridgehead atoms. The van der Waals surface area contributed by atoms with Gasteiger partial charge in [0.2, 0.25) is 0 Å². The molecule has 0 amide bonds. The molecule has 2 aromatic carbocycles. The van der Waals surface area contributed by atoms with Crippen LogP contribution >= 0.6 is 0 Å². The van der Waals surface area contributed by atoms with Gasteiger partial charge < -0.3 is 5.11 Å². The zero-order chi connectivity index (χ0) is 14.8. The lowest BCUT2D eigenvalue weighted by molar-refractivity contribution is 0.176. The molecular formula is C16H12F2N2O. The number of nitrogens with zero attached hydrogens (tertiary/aromatic N) is 2. The number of aliphatic hydroxyl groups excluding tert-OH is 1.